The largest absolute Gasteiger partial charge is 0.353 e. The Labute approximate surface area is 125 Å². The second-order valence-electron chi connectivity index (χ2n) is 5.85. The topological polar surface area (TPSA) is 55.1 Å². The molecule has 1 unspecified atom stereocenters. The lowest BCUT2D eigenvalue weighted by atomic mass is 9.86. The molecular weight excluding hydrogens is 272 g/mol. The molecule has 0 radical (unpaired) electrons. The summed E-state index contributed by atoms with van der Waals surface area (Å²) in [5, 5.41) is 3.85. The Morgan fingerprint density at radius 3 is 2.50 bits per heavy atom. The van der Waals surface area contributed by atoms with Gasteiger partial charge in [-0.3, -0.25) is 4.79 Å². The molecule has 3 N–H and O–H groups in total. The number of hydrogen-bond donors (Lipinski definition) is 2. The molecule has 0 bridgehead atoms. The fourth-order valence-corrected chi connectivity index (χ4v) is 2.89. The van der Waals surface area contributed by atoms with Crippen molar-refractivity contribution in [3.8, 4) is 0 Å². The third kappa shape index (κ3) is 4.50. The number of carbonyl (C=O) groups excluding carboxylic acids is 1. The van der Waals surface area contributed by atoms with Gasteiger partial charge in [0.05, 0.1) is 0 Å². The number of hydrogen-bond acceptors (Lipinski definition) is 2. The van der Waals surface area contributed by atoms with Crippen LogP contribution in [0.3, 0.4) is 0 Å². The minimum atomic E-state index is 0.138. The average Bonchev–Trinajstić information content (AvgIpc) is 2.42. The second kappa shape index (κ2) is 7.09. The number of halogens is 1. The Bertz CT molecular complexity index is 438. The van der Waals surface area contributed by atoms with Crippen molar-refractivity contribution in [1.82, 2.24) is 5.32 Å². The van der Waals surface area contributed by atoms with Crippen LogP contribution in [0.25, 0.3) is 0 Å². The third-order valence-corrected chi connectivity index (χ3v) is 4.24. The molecular formula is C16H23ClN2O. The van der Waals surface area contributed by atoms with Gasteiger partial charge in [0.25, 0.3) is 0 Å². The van der Waals surface area contributed by atoms with Crippen LogP contribution in [0.15, 0.2) is 24.3 Å². The van der Waals surface area contributed by atoms with Gasteiger partial charge in [0.1, 0.15) is 0 Å². The molecule has 4 heteroatoms. The highest BCUT2D eigenvalue weighted by Gasteiger charge is 2.25. The summed E-state index contributed by atoms with van der Waals surface area (Å²) in [5.74, 6) is 0.320. The third-order valence-electron chi connectivity index (χ3n) is 3.99. The first kappa shape index (κ1) is 15.3. The van der Waals surface area contributed by atoms with Crippen LogP contribution in [-0.4, -0.2) is 18.0 Å². The van der Waals surface area contributed by atoms with Crippen LogP contribution in [0.2, 0.25) is 5.02 Å². The van der Waals surface area contributed by atoms with Gasteiger partial charge in [0.15, 0.2) is 0 Å². The molecule has 110 valence electrons. The summed E-state index contributed by atoms with van der Waals surface area (Å²) < 4.78 is 0. The van der Waals surface area contributed by atoms with E-state index in [0.717, 1.165) is 37.1 Å². The lowest BCUT2D eigenvalue weighted by Gasteiger charge is -2.26. The summed E-state index contributed by atoms with van der Waals surface area (Å²) in [6.07, 6.45) is 4.59. The SMILES string of the molecule is CC(Cc1ccc(Cl)cc1)NC(=O)C1CCC(N)CC1. The van der Waals surface area contributed by atoms with Crippen LogP contribution in [-0.2, 0) is 11.2 Å². The maximum Gasteiger partial charge on any atom is 0.223 e. The normalized spacial score (nSPS) is 24.1. The van der Waals surface area contributed by atoms with Gasteiger partial charge in [0, 0.05) is 23.0 Å². The summed E-state index contributed by atoms with van der Waals surface area (Å²) in [7, 11) is 0. The summed E-state index contributed by atoms with van der Waals surface area (Å²) in [5.41, 5.74) is 7.06. The van der Waals surface area contributed by atoms with Crippen LogP contribution in [0.1, 0.15) is 38.2 Å². The van der Waals surface area contributed by atoms with E-state index in [0.29, 0.717) is 0 Å². The molecule has 1 amide bonds. The van der Waals surface area contributed by atoms with Gasteiger partial charge in [-0.1, -0.05) is 23.7 Å². The zero-order valence-corrected chi connectivity index (χ0v) is 12.7. The summed E-state index contributed by atoms with van der Waals surface area (Å²) in [6.45, 7) is 2.04. The van der Waals surface area contributed by atoms with Gasteiger partial charge in [-0.2, -0.15) is 0 Å². The molecule has 1 aromatic rings. The first-order valence-corrected chi connectivity index (χ1v) is 7.73. The van der Waals surface area contributed by atoms with Crippen LogP contribution < -0.4 is 11.1 Å². The molecule has 1 aliphatic carbocycles. The van der Waals surface area contributed by atoms with Gasteiger partial charge in [-0.05, 0) is 56.7 Å². The maximum absolute atomic E-state index is 12.2. The Kier molecular flexibility index (Phi) is 5.44. The minimum Gasteiger partial charge on any atom is -0.353 e. The molecule has 1 aromatic carbocycles. The van der Waals surface area contributed by atoms with Crippen molar-refractivity contribution in [3.05, 3.63) is 34.9 Å². The highest BCUT2D eigenvalue weighted by atomic mass is 35.5. The number of rotatable bonds is 4. The van der Waals surface area contributed by atoms with E-state index in [1.54, 1.807) is 0 Å². The number of carbonyl (C=O) groups is 1. The zero-order valence-electron chi connectivity index (χ0n) is 11.9. The zero-order chi connectivity index (χ0) is 14.5. The van der Waals surface area contributed by atoms with Crippen molar-refractivity contribution < 1.29 is 4.79 Å². The number of benzene rings is 1. The maximum atomic E-state index is 12.2. The first-order valence-electron chi connectivity index (χ1n) is 7.35. The fourth-order valence-electron chi connectivity index (χ4n) is 2.77. The standard InChI is InChI=1S/C16H23ClN2O/c1-11(10-12-2-6-14(17)7-3-12)19-16(20)13-4-8-15(18)9-5-13/h2-3,6-7,11,13,15H,4-5,8-10,18H2,1H3,(H,19,20). The predicted octanol–water partition coefficient (Wildman–Crippen LogP) is 2.90. The Hall–Kier alpha value is -1.06. The average molecular weight is 295 g/mol. The molecule has 3 nitrogen and oxygen atoms in total. The Morgan fingerprint density at radius 2 is 1.90 bits per heavy atom. The van der Waals surface area contributed by atoms with Crippen molar-refractivity contribution in [2.24, 2.45) is 11.7 Å². The molecule has 2 rings (SSSR count). The van der Waals surface area contributed by atoms with E-state index in [1.165, 1.54) is 5.56 Å². The molecule has 1 fully saturated rings. The van der Waals surface area contributed by atoms with E-state index in [-0.39, 0.29) is 23.9 Å². The van der Waals surface area contributed by atoms with Gasteiger partial charge in [-0.25, -0.2) is 0 Å². The lowest BCUT2D eigenvalue weighted by molar-refractivity contribution is -0.126. The van der Waals surface area contributed by atoms with Gasteiger partial charge >= 0.3 is 0 Å². The van der Waals surface area contributed by atoms with Gasteiger partial charge < -0.3 is 11.1 Å². The lowest BCUT2D eigenvalue weighted by Crippen LogP contribution is -2.41. The van der Waals surface area contributed by atoms with Crippen LogP contribution in [0, 0.1) is 5.92 Å². The summed E-state index contributed by atoms with van der Waals surface area (Å²) in [4.78, 5) is 12.2. The van der Waals surface area contributed by atoms with Gasteiger partial charge in [0.2, 0.25) is 5.91 Å². The van der Waals surface area contributed by atoms with E-state index in [4.69, 9.17) is 17.3 Å². The molecule has 0 saturated heterocycles. The van der Waals surface area contributed by atoms with E-state index < -0.39 is 0 Å². The molecule has 1 aliphatic rings. The molecule has 1 atom stereocenters. The fraction of sp³-hybridized carbons (Fsp3) is 0.562. The quantitative estimate of drug-likeness (QED) is 0.897. The Balaban J connectivity index is 1.80. The number of nitrogens with two attached hydrogens (primary N) is 1. The van der Waals surface area contributed by atoms with Crippen molar-refractivity contribution in [1.29, 1.82) is 0 Å². The van der Waals surface area contributed by atoms with Crippen LogP contribution in [0.4, 0.5) is 0 Å². The smallest absolute Gasteiger partial charge is 0.223 e. The number of amides is 1. The highest BCUT2D eigenvalue weighted by molar-refractivity contribution is 6.30. The minimum absolute atomic E-state index is 0.138. The molecule has 0 heterocycles. The molecule has 20 heavy (non-hydrogen) atoms. The van der Waals surface area contributed by atoms with E-state index >= 15 is 0 Å². The number of nitrogens with one attached hydrogen (secondary N) is 1. The molecule has 0 spiro atoms. The summed E-state index contributed by atoms with van der Waals surface area (Å²) in [6, 6.07) is 8.20. The molecule has 0 aromatic heterocycles. The van der Waals surface area contributed by atoms with Crippen molar-refractivity contribution in [2.75, 3.05) is 0 Å². The van der Waals surface area contributed by atoms with Crippen molar-refractivity contribution in [3.63, 3.8) is 0 Å². The second-order valence-corrected chi connectivity index (χ2v) is 6.29. The van der Waals surface area contributed by atoms with Crippen molar-refractivity contribution >= 4 is 17.5 Å². The van der Waals surface area contributed by atoms with Crippen molar-refractivity contribution in [2.45, 2.75) is 51.1 Å². The first-order chi connectivity index (χ1) is 9.54. The predicted molar refractivity (Wildman–Crippen MR) is 82.7 cm³/mol. The van der Waals surface area contributed by atoms with E-state index in [9.17, 15) is 4.79 Å². The summed E-state index contributed by atoms with van der Waals surface area (Å²) >= 11 is 5.87. The monoisotopic (exact) mass is 294 g/mol. The van der Waals surface area contributed by atoms with E-state index in [1.807, 2.05) is 31.2 Å². The molecule has 1 saturated carbocycles. The van der Waals surface area contributed by atoms with Crippen LogP contribution in [0.5, 0.6) is 0 Å². The molecule has 0 aliphatic heterocycles. The van der Waals surface area contributed by atoms with Crippen LogP contribution >= 0.6 is 11.6 Å². The van der Waals surface area contributed by atoms with E-state index in [2.05, 4.69) is 5.32 Å². The highest BCUT2D eigenvalue weighted by Crippen LogP contribution is 2.23. The van der Waals surface area contributed by atoms with Gasteiger partial charge in [-0.15, -0.1) is 0 Å². The Morgan fingerprint density at radius 1 is 1.30 bits per heavy atom.